The fraction of sp³-hybridized carbons (Fsp3) is 0.100. The molecule has 0 aliphatic rings. The second-order valence-corrected chi connectivity index (χ2v) is 4.41. The molecule has 0 radical (unpaired) electrons. The molecule has 2 heterocycles. The van der Waals surface area contributed by atoms with Gasteiger partial charge in [0.15, 0.2) is 11.5 Å². The summed E-state index contributed by atoms with van der Waals surface area (Å²) in [7, 11) is 0. The van der Waals surface area contributed by atoms with Gasteiger partial charge in [0, 0.05) is 6.20 Å². The Hall–Kier alpha value is -1.89. The lowest BCUT2D eigenvalue weighted by molar-refractivity contribution is 0.0996. The number of primary amides is 1. The second-order valence-electron chi connectivity index (χ2n) is 3.56. The first-order valence-corrected chi connectivity index (χ1v) is 5.56. The van der Waals surface area contributed by atoms with Crippen LogP contribution in [0.25, 0.3) is 5.82 Å². The maximum absolute atomic E-state index is 11.0. The Kier molecular flexibility index (Phi) is 2.84. The molecule has 0 bridgehead atoms. The molecule has 88 valence electrons. The first-order chi connectivity index (χ1) is 7.99. The van der Waals surface area contributed by atoms with Gasteiger partial charge in [0.25, 0.3) is 5.91 Å². The highest BCUT2D eigenvalue weighted by atomic mass is 79.9. The van der Waals surface area contributed by atoms with Gasteiger partial charge in [0.1, 0.15) is 0 Å². The van der Waals surface area contributed by atoms with Gasteiger partial charge in [-0.25, -0.2) is 9.67 Å². The maximum Gasteiger partial charge on any atom is 0.271 e. The first kappa shape index (κ1) is 11.6. The Labute approximate surface area is 106 Å². The van der Waals surface area contributed by atoms with Crippen molar-refractivity contribution in [2.45, 2.75) is 6.92 Å². The van der Waals surface area contributed by atoms with E-state index in [2.05, 4.69) is 26.0 Å². The summed E-state index contributed by atoms with van der Waals surface area (Å²) in [5, 5.41) is 3.99. The minimum atomic E-state index is -0.663. The first-order valence-electron chi connectivity index (χ1n) is 4.76. The van der Waals surface area contributed by atoms with Gasteiger partial charge in [-0.15, -0.1) is 0 Å². The van der Waals surface area contributed by atoms with Crippen molar-refractivity contribution in [3.05, 3.63) is 34.2 Å². The Balaban J connectivity index is 2.53. The highest BCUT2D eigenvalue weighted by Crippen LogP contribution is 2.21. The van der Waals surface area contributed by atoms with E-state index in [1.165, 1.54) is 10.9 Å². The lowest BCUT2D eigenvalue weighted by atomic mass is 10.3. The summed E-state index contributed by atoms with van der Waals surface area (Å²) in [6.45, 7) is 1.92. The molecule has 0 aliphatic heterocycles. The Morgan fingerprint density at radius 3 is 2.76 bits per heavy atom. The molecule has 0 aromatic carbocycles. The van der Waals surface area contributed by atoms with Crippen LogP contribution in [0.3, 0.4) is 0 Å². The molecule has 0 atom stereocenters. The van der Waals surface area contributed by atoms with Crippen LogP contribution in [0.1, 0.15) is 16.1 Å². The van der Waals surface area contributed by atoms with Crippen molar-refractivity contribution in [1.29, 1.82) is 0 Å². The van der Waals surface area contributed by atoms with E-state index in [4.69, 9.17) is 11.5 Å². The van der Waals surface area contributed by atoms with Crippen molar-refractivity contribution in [3.8, 4) is 5.82 Å². The molecular weight excluding hydrogens is 286 g/mol. The molecular formula is C10H10BrN5O. The van der Waals surface area contributed by atoms with E-state index >= 15 is 0 Å². The molecule has 7 heteroatoms. The van der Waals surface area contributed by atoms with E-state index in [9.17, 15) is 4.79 Å². The summed E-state index contributed by atoms with van der Waals surface area (Å²) >= 11 is 3.37. The molecule has 0 saturated heterocycles. The number of hydrogen-bond acceptors (Lipinski definition) is 4. The largest absolute Gasteiger partial charge is 0.396 e. The lowest BCUT2D eigenvalue weighted by Gasteiger charge is -2.03. The number of hydrogen-bond donors (Lipinski definition) is 2. The number of halogens is 1. The van der Waals surface area contributed by atoms with Crippen LogP contribution in [0.4, 0.5) is 5.69 Å². The number of pyridine rings is 1. The molecule has 2 rings (SSSR count). The SMILES string of the molecule is Cc1cnc(-n2cc(N)c(C(N)=O)n2)c(Br)c1. The fourth-order valence-electron chi connectivity index (χ4n) is 1.38. The highest BCUT2D eigenvalue weighted by Gasteiger charge is 2.14. The average Bonchev–Trinajstić information content (AvgIpc) is 2.60. The van der Waals surface area contributed by atoms with Gasteiger partial charge in [-0.3, -0.25) is 4.79 Å². The average molecular weight is 296 g/mol. The number of aryl methyl sites for hydroxylation is 1. The number of aromatic nitrogens is 3. The Bertz CT molecular complexity index is 592. The summed E-state index contributed by atoms with van der Waals surface area (Å²) in [6, 6.07) is 1.89. The zero-order valence-electron chi connectivity index (χ0n) is 9.01. The number of amides is 1. The summed E-state index contributed by atoms with van der Waals surface area (Å²) in [5.41, 5.74) is 12.1. The lowest BCUT2D eigenvalue weighted by Crippen LogP contribution is -2.14. The van der Waals surface area contributed by atoms with E-state index in [0.29, 0.717) is 5.82 Å². The predicted octanol–water partition coefficient (Wildman–Crippen LogP) is 1.02. The van der Waals surface area contributed by atoms with Crippen LogP contribution < -0.4 is 11.5 Å². The summed E-state index contributed by atoms with van der Waals surface area (Å²) in [4.78, 5) is 15.2. The van der Waals surface area contributed by atoms with Crippen molar-refractivity contribution >= 4 is 27.5 Å². The standard InChI is InChI=1S/C10H10BrN5O/c1-5-2-6(11)10(14-3-5)16-4-7(12)8(15-16)9(13)17/h2-4H,12H2,1H3,(H2,13,17). The van der Waals surface area contributed by atoms with Crippen LogP contribution in [-0.4, -0.2) is 20.7 Å². The molecule has 0 aliphatic carbocycles. The zero-order valence-corrected chi connectivity index (χ0v) is 10.6. The number of anilines is 1. The van der Waals surface area contributed by atoms with Crippen LogP contribution >= 0.6 is 15.9 Å². The van der Waals surface area contributed by atoms with Gasteiger partial charge in [-0.2, -0.15) is 5.10 Å². The summed E-state index contributed by atoms with van der Waals surface area (Å²) in [6.07, 6.45) is 3.20. The van der Waals surface area contributed by atoms with Gasteiger partial charge < -0.3 is 11.5 Å². The Morgan fingerprint density at radius 2 is 2.24 bits per heavy atom. The van der Waals surface area contributed by atoms with Gasteiger partial charge >= 0.3 is 0 Å². The number of rotatable bonds is 2. The van der Waals surface area contributed by atoms with Crippen LogP contribution in [0.5, 0.6) is 0 Å². The van der Waals surface area contributed by atoms with Crippen molar-refractivity contribution in [1.82, 2.24) is 14.8 Å². The Morgan fingerprint density at radius 1 is 1.53 bits per heavy atom. The fourth-order valence-corrected chi connectivity index (χ4v) is 2.03. The third-order valence-corrected chi connectivity index (χ3v) is 2.73. The molecule has 6 nitrogen and oxygen atoms in total. The molecule has 2 aromatic heterocycles. The van der Waals surface area contributed by atoms with Crippen LogP contribution in [0.2, 0.25) is 0 Å². The topological polar surface area (TPSA) is 99.8 Å². The third-order valence-electron chi connectivity index (χ3n) is 2.15. The molecule has 17 heavy (non-hydrogen) atoms. The van der Waals surface area contributed by atoms with Gasteiger partial charge in [0.05, 0.1) is 16.4 Å². The van der Waals surface area contributed by atoms with Gasteiger partial charge in [0.2, 0.25) is 0 Å². The summed E-state index contributed by atoms with van der Waals surface area (Å²) in [5.74, 6) is -0.112. The van der Waals surface area contributed by atoms with Crippen molar-refractivity contribution in [2.75, 3.05) is 5.73 Å². The molecule has 4 N–H and O–H groups in total. The quantitative estimate of drug-likeness (QED) is 0.864. The smallest absolute Gasteiger partial charge is 0.271 e. The molecule has 0 saturated carbocycles. The van der Waals surface area contributed by atoms with Crippen LogP contribution in [0.15, 0.2) is 22.9 Å². The molecule has 0 spiro atoms. The normalized spacial score (nSPS) is 10.5. The molecule has 2 aromatic rings. The number of nitrogens with zero attached hydrogens (tertiary/aromatic N) is 3. The van der Waals surface area contributed by atoms with Gasteiger partial charge in [-0.05, 0) is 34.5 Å². The monoisotopic (exact) mass is 295 g/mol. The van der Waals surface area contributed by atoms with E-state index in [-0.39, 0.29) is 11.4 Å². The number of nitrogens with two attached hydrogens (primary N) is 2. The highest BCUT2D eigenvalue weighted by molar-refractivity contribution is 9.10. The second kappa shape index (κ2) is 4.17. The van der Waals surface area contributed by atoms with E-state index < -0.39 is 5.91 Å². The molecule has 0 fully saturated rings. The van der Waals surface area contributed by atoms with Crippen LogP contribution in [-0.2, 0) is 0 Å². The minimum Gasteiger partial charge on any atom is -0.396 e. The minimum absolute atomic E-state index is 0.0410. The zero-order chi connectivity index (χ0) is 12.6. The van der Waals surface area contributed by atoms with Gasteiger partial charge in [-0.1, -0.05) is 0 Å². The van der Waals surface area contributed by atoms with Crippen molar-refractivity contribution in [3.63, 3.8) is 0 Å². The van der Waals surface area contributed by atoms with Crippen molar-refractivity contribution < 1.29 is 4.79 Å². The summed E-state index contributed by atoms with van der Waals surface area (Å²) < 4.78 is 2.18. The van der Waals surface area contributed by atoms with E-state index in [1.54, 1.807) is 6.20 Å². The number of carbonyl (C=O) groups is 1. The van der Waals surface area contributed by atoms with E-state index in [1.807, 2.05) is 13.0 Å². The number of nitrogen functional groups attached to an aromatic ring is 1. The number of carbonyl (C=O) groups excluding carboxylic acids is 1. The molecule has 1 amide bonds. The third kappa shape index (κ3) is 2.14. The van der Waals surface area contributed by atoms with E-state index in [0.717, 1.165) is 10.0 Å². The van der Waals surface area contributed by atoms with Crippen LogP contribution in [0, 0.1) is 6.92 Å². The molecule has 0 unspecified atom stereocenters. The maximum atomic E-state index is 11.0. The predicted molar refractivity (Wildman–Crippen MR) is 66.7 cm³/mol. The van der Waals surface area contributed by atoms with Crippen molar-refractivity contribution in [2.24, 2.45) is 5.73 Å².